The van der Waals surface area contributed by atoms with E-state index in [9.17, 15) is 22.8 Å². The van der Waals surface area contributed by atoms with Gasteiger partial charge in [-0.2, -0.15) is 13.2 Å². The number of hydrogen-bond acceptors (Lipinski definition) is 2. The van der Waals surface area contributed by atoms with Crippen molar-refractivity contribution in [1.29, 1.82) is 0 Å². The van der Waals surface area contributed by atoms with Crippen molar-refractivity contribution in [2.24, 2.45) is 0 Å². The number of carbonyl (C=O) groups excluding carboxylic acids is 1. The maximum Gasteiger partial charge on any atom is 0.417 e. The van der Waals surface area contributed by atoms with Gasteiger partial charge in [0.1, 0.15) is 11.6 Å². The number of halogens is 4. The largest absolute Gasteiger partial charge is 0.417 e. The molecule has 122 valence electrons. The predicted octanol–water partition coefficient (Wildman–Crippen LogP) is 3.47. The van der Waals surface area contributed by atoms with E-state index in [4.69, 9.17) is 11.6 Å². The van der Waals surface area contributed by atoms with Crippen LogP contribution in [0.3, 0.4) is 0 Å². The van der Waals surface area contributed by atoms with Crippen molar-refractivity contribution in [1.82, 2.24) is 4.57 Å². The molecule has 1 aromatic heterocycles. The lowest BCUT2D eigenvalue weighted by molar-refractivity contribution is -0.138. The molecule has 0 saturated carbocycles. The topological polar surface area (TPSA) is 51.1 Å². The molecule has 8 heteroatoms. The van der Waals surface area contributed by atoms with Crippen molar-refractivity contribution >= 4 is 23.2 Å². The zero-order chi connectivity index (χ0) is 17.2. The van der Waals surface area contributed by atoms with Crippen molar-refractivity contribution in [2.75, 3.05) is 5.32 Å². The molecule has 1 aromatic carbocycles. The summed E-state index contributed by atoms with van der Waals surface area (Å²) in [4.78, 5) is 23.7. The highest BCUT2D eigenvalue weighted by Crippen LogP contribution is 2.29. The fraction of sp³-hybridized carbons (Fsp3) is 0.200. The van der Waals surface area contributed by atoms with E-state index in [-0.39, 0.29) is 0 Å². The van der Waals surface area contributed by atoms with Gasteiger partial charge in [0.05, 0.1) is 5.56 Å². The molecule has 0 aliphatic rings. The Morgan fingerprint density at radius 1 is 1.30 bits per heavy atom. The summed E-state index contributed by atoms with van der Waals surface area (Å²) in [6.45, 7) is 1.25. The molecule has 0 aliphatic heterocycles. The van der Waals surface area contributed by atoms with Gasteiger partial charge < -0.3 is 9.88 Å². The van der Waals surface area contributed by atoms with Crippen LogP contribution in [-0.2, 0) is 17.5 Å². The summed E-state index contributed by atoms with van der Waals surface area (Å²) in [5.41, 5.74) is -0.562. The van der Waals surface area contributed by atoms with E-state index in [1.54, 1.807) is 18.2 Å². The van der Waals surface area contributed by atoms with Crippen LogP contribution in [0.2, 0.25) is 5.02 Å². The number of rotatable bonds is 3. The first-order valence-corrected chi connectivity index (χ1v) is 6.88. The maximum absolute atomic E-state index is 12.7. The third-order valence-corrected chi connectivity index (χ3v) is 3.26. The molecule has 1 N–H and O–H groups in total. The third kappa shape index (κ3) is 4.35. The minimum absolute atomic E-state index is 0.487. The Hall–Kier alpha value is -2.28. The van der Waals surface area contributed by atoms with E-state index in [0.29, 0.717) is 22.5 Å². The van der Waals surface area contributed by atoms with Gasteiger partial charge in [0.15, 0.2) is 0 Å². The molecular formula is C15H12ClF3N2O2. The second kappa shape index (κ2) is 6.45. The molecule has 0 spiro atoms. The molecule has 0 atom stereocenters. The molecule has 0 unspecified atom stereocenters. The van der Waals surface area contributed by atoms with Crippen LogP contribution in [0.25, 0.3) is 0 Å². The molecular weight excluding hydrogens is 333 g/mol. The number of anilines is 1. The zero-order valence-electron chi connectivity index (χ0n) is 11.9. The Labute approximate surface area is 134 Å². The van der Waals surface area contributed by atoms with Crippen LogP contribution in [-0.4, -0.2) is 10.5 Å². The van der Waals surface area contributed by atoms with E-state index in [2.05, 4.69) is 5.32 Å². The molecule has 2 aromatic rings. The highest BCUT2D eigenvalue weighted by atomic mass is 35.5. The van der Waals surface area contributed by atoms with Crippen LogP contribution >= 0.6 is 11.6 Å². The molecule has 0 aliphatic carbocycles. The Morgan fingerprint density at radius 3 is 2.61 bits per heavy atom. The highest BCUT2D eigenvalue weighted by molar-refractivity contribution is 6.30. The summed E-state index contributed by atoms with van der Waals surface area (Å²) >= 11 is 5.52. The molecule has 2 rings (SSSR count). The lowest BCUT2D eigenvalue weighted by Gasteiger charge is -2.12. The Morgan fingerprint density at radius 2 is 2.00 bits per heavy atom. The minimum Gasteiger partial charge on any atom is -0.325 e. The van der Waals surface area contributed by atoms with Crippen molar-refractivity contribution in [2.45, 2.75) is 19.6 Å². The van der Waals surface area contributed by atoms with Gasteiger partial charge in [-0.15, -0.1) is 0 Å². The molecule has 0 saturated heterocycles. The third-order valence-electron chi connectivity index (χ3n) is 2.99. The quantitative estimate of drug-likeness (QED) is 0.927. The molecule has 0 bridgehead atoms. The van der Waals surface area contributed by atoms with Gasteiger partial charge >= 0.3 is 6.18 Å². The first-order valence-electron chi connectivity index (χ1n) is 6.50. The number of aromatic nitrogens is 1. The normalized spacial score (nSPS) is 11.3. The average molecular weight is 345 g/mol. The van der Waals surface area contributed by atoms with E-state index in [1.165, 1.54) is 0 Å². The van der Waals surface area contributed by atoms with E-state index in [0.717, 1.165) is 5.56 Å². The van der Waals surface area contributed by atoms with Gasteiger partial charge in [-0.3, -0.25) is 9.59 Å². The van der Waals surface area contributed by atoms with Crippen LogP contribution < -0.4 is 10.9 Å². The monoisotopic (exact) mass is 344 g/mol. The number of nitrogens with zero attached hydrogens (tertiary/aromatic N) is 1. The van der Waals surface area contributed by atoms with Gasteiger partial charge in [0.25, 0.3) is 5.56 Å². The van der Waals surface area contributed by atoms with Crippen LogP contribution in [0, 0.1) is 6.92 Å². The lowest BCUT2D eigenvalue weighted by Crippen LogP contribution is -2.29. The van der Waals surface area contributed by atoms with Gasteiger partial charge in [-0.05, 0) is 30.7 Å². The summed E-state index contributed by atoms with van der Waals surface area (Å²) in [6.07, 6.45) is -4.09. The second-order valence-corrected chi connectivity index (χ2v) is 5.33. The highest BCUT2D eigenvalue weighted by Gasteiger charge is 2.32. The van der Waals surface area contributed by atoms with Gasteiger partial charge in [-0.25, -0.2) is 0 Å². The van der Waals surface area contributed by atoms with Crippen molar-refractivity contribution in [3.05, 3.63) is 63.0 Å². The van der Waals surface area contributed by atoms with Crippen molar-refractivity contribution < 1.29 is 18.0 Å². The summed E-state index contributed by atoms with van der Waals surface area (Å²) in [5.74, 6) is -0.631. The summed E-state index contributed by atoms with van der Waals surface area (Å²) in [7, 11) is 0. The molecule has 1 heterocycles. The van der Waals surface area contributed by atoms with E-state index >= 15 is 0 Å². The SMILES string of the molecule is Cc1cccc(NC(=O)Cn2cc(C(F)(F)F)cc(Cl)c2=O)c1. The number of benzene rings is 1. The van der Waals surface area contributed by atoms with E-state index < -0.39 is 34.8 Å². The lowest BCUT2D eigenvalue weighted by atomic mass is 10.2. The van der Waals surface area contributed by atoms with E-state index in [1.807, 2.05) is 13.0 Å². The molecule has 23 heavy (non-hydrogen) atoms. The predicted molar refractivity (Wildman–Crippen MR) is 80.5 cm³/mol. The first-order chi connectivity index (χ1) is 10.7. The number of alkyl halides is 3. The zero-order valence-corrected chi connectivity index (χ0v) is 12.7. The molecule has 1 amide bonds. The number of aryl methyl sites for hydroxylation is 1. The van der Waals surface area contributed by atoms with Gasteiger partial charge in [0.2, 0.25) is 5.91 Å². The maximum atomic E-state index is 12.7. The number of pyridine rings is 1. The van der Waals surface area contributed by atoms with Crippen molar-refractivity contribution in [3.63, 3.8) is 0 Å². The fourth-order valence-electron chi connectivity index (χ4n) is 1.95. The van der Waals surface area contributed by atoms with Crippen molar-refractivity contribution in [3.8, 4) is 0 Å². The van der Waals surface area contributed by atoms with Gasteiger partial charge in [0, 0.05) is 11.9 Å². The Kier molecular flexibility index (Phi) is 4.79. The minimum atomic E-state index is -4.66. The van der Waals surface area contributed by atoms with Crippen LogP contribution in [0.4, 0.5) is 18.9 Å². The smallest absolute Gasteiger partial charge is 0.325 e. The number of amides is 1. The number of hydrogen-bond donors (Lipinski definition) is 1. The standard InChI is InChI=1S/C15H12ClF3N2O2/c1-9-3-2-4-11(5-9)20-13(22)8-21-7-10(15(17,18)19)6-12(16)14(21)23/h2-7H,8H2,1H3,(H,20,22). The first kappa shape index (κ1) is 17.1. The van der Waals surface area contributed by atoms with Crippen LogP contribution in [0.1, 0.15) is 11.1 Å². The summed E-state index contributed by atoms with van der Waals surface area (Å²) in [5, 5.41) is 1.92. The molecule has 0 fully saturated rings. The summed E-state index contributed by atoms with van der Waals surface area (Å²) < 4.78 is 38.8. The molecule has 4 nitrogen and oxygen atoms in total. The summed E-state index contributed by atoms with van der Waals surface area (Å²) in [6, 6.07) is 7.41. The van der Waals surface area contributed by atoms with Gasteiger partial charge in [-0.1, -0.05) is 23.7 Å². The number of nitrogens with one attached hydrogen (secondary N) is 1. The Bertz CT molecular complexity index is 800. The van der Waals surface area contributed by atoms with Crippen LogP contribution in [0.5, 0.6) is 0 Å². The fourth-order valence-corrected chi connectivity index (χ4v) is 2.18. The average Bonchev–Trinajstić information content (AvgIpc) is 2.42. The molecule has 0 radical (unpaired) electrons. The number of carbonyl (C=O) groups is 1. The second-order valence-electron chi connectivity index (χ2n) is 4.93. The Balaban J connectivity index is 2.24. The van der Waals surface area contributed by atoms with Crippen LogP contribution in [0.15, 0.2) is 41.3 Å².